The normalized spacial score (nSPS) is 12.1. The number of nitrogens with one attached hydrogen (secondary N) is 3. The molecule has 1 atom stereocenters. The van der Waals surface area contributed by atoms with Crippen molar-refractivity contribution in [3.8, 4) is 0 Å². The third-order valence-corrected chi connectivity index (χ3v) is 3.94. The predicted octanol–water partition coefficient (Wildman–Crippen LogP) is 3.80. The van der Waals surface area contributed by atoms with Crippen LogP contribution in [0.2, 0.25) is 0 Å². The van der Waals surface area contributed by atoms with E-state index in [2.05, 4.69) is 36.0 Å². The van der Waals surface area contributed by atoms with Crippen LogP contribution in [0.4, 0.5) is 21.8 Å². The van der Waals surface area contributed by atoms with Gasteiger partial charge in [0.05, 0.1) is 6.04 Å². The van der Waals surface area contributed by atoms with Gasteiger partial charge in [-0.05, 0) is 36.8 Å². The van der Waals surface area contributed by atoms with Crippen LogP contribution in [-0.4, -0.2) is 25.4 Å². The quantitative estimate of drug-likeness (QED) is 0.507. The molecule has 2 aromatic heterocycles. The Balaban J connectivity index is 1.65. The zero-order valence-electron chi connectivity index (χ0n) is 13.9. The summed E-state index contributed by atoms with van der Waals surface area (Å²) in [6.07, 6.45) is 0. The molecule has 7 nitrogen and oxygen atoms in total. The number of hydrogen-bond acceptors (Lipinski definition) is 6. The van der Waals surface area contributed by atoms with Gasteiger partial charge in [-0.1, -0.05) is 30.3 Å². The highest BCUT2D eigenvalue weighted by Gasteiger charge is 2.14. The van der Waals surface area contributed by atoms with Crippen LogP contribution in [0.3, 0.4) is 0 Å². The van der Waals surface area contributed by atoms with Gasteiger partial charge in [-0.25, -0.2) is 4.39 Å². The summed E-state index contributed by atoms with van der Waals surface area (Å²) in [6, 6.07) is 16.0. The summed E-state index contributed by atoms with van der Waals surface area (Å²) < 4.78 is 13.1. The highest BCUT2D eigenvalue weighted by Crippen LogP contribution is 2.24. The van der Waals surface area contributed by atoms with Gasteiger partial charge in [-0.15, -0.1) is 5.10 Å². The maximum atomic E-state index is 13.1. The van der Waals surface area contributed by atoms with E-state index in [4.69, 9.17) is 0 Å². The smallest absolute Gasteiger partial charge is 0.227 e. The molecular formula is C18H16FN7. The molecule has 1 unspecified atom stereocenters. The lowest BCUT2D eigenvalue weighted by Crippen LogP contribution is -2.10. The molecule has 0 saturated carbocycles. The molecule has 0 spiro atoms. The number of halogens is 1. The second-order valence-electron chi connectivity index (χ2n) is 5.80. The number of benzene rings is 2. The molecule has 8 heteroatoms. The number of fused-ring (bicyclic) bond motifs is 1. The average Bonchev–Trinajstić information content (AvgIpc) is 3.13. The van der Waals surface area contributed by atoms with Crippen LogP contribution in [0.15, 0.2) is 54.6 Å². The van der Waals surface area contributed by atoms with Gasteiger partial charge in [0, 0.05) is 5.69 Å². The molecule has 0 bridgehead atoms. The van der Waals surface area contributed by atoms with Gasteiger partial charge < -0.3 is 10.6 Å². The van der Waals surface area contributed by atoms with Gasteiger partial charge in [0.15, 0.2) is 11.3 Å². The fraction of sp³-hybridized carbons (Fsp3) is 0.111. The lowest BCUT2D eigenvalue weighted by molar-refractivity contribution is 0.628. The molecule has 0 aliphatic carbocycles. The molecular weight excluding hydrogens is 333 g/mol. The molecule has 26 heavy (non-hydrogen) atoms. The fourth-order valence-electron chi connectivity index (χ4n) is 2.59. The Morgan fingerprint density at radius 1 is 0.962 bits per heavy atom. The number of nitrogens with zero attached hydrogens (tertiary/aromatic N) is 4. The van der Waals surface area contributed by atoms with Crippen LogP contribution in [0, 0.1) is 5.82 Å². The van der Waals surface area contributed by atoms with Crippen molar-refractivity contribution in [2.75, 3.05) is 10.6 Å². The Kier molecular flexibility index (Phi) is 4.14. The highest BCUT2D eigenvalue weighted by atomic mass is 19.1. The summed E-state index contributed by atoms with van der Waals surface area (Å²) in [4.78, 5) is 8.90. The van der Waals surface area contributed by atoms with Crippen LogP contribution in [0.5, 0.6) is 0 Å². The maximum absolute atomic E-state index is 13.1. The van der Waals surface area contributed by atoms with E-state index >= 15 is 0 Å². The monoisotopic (exact) mass is 349 g/mol. The summed E-state index contributed by atoms with van der Waals surface area (Å²) in [5.41, 5.74) is 2.75. The lowest BCUT2D eigenvalue weighted by Gasteiger charge is -2.15. The van der Waals surface area contributed by atoms with E-state index in [1.165, 1.54) is 12.1 Å². The Hall–Kier alpha value is -3.55. The molecule has 2 heterocycles. The third kappa shape index (κ3) is 3.30. The summed E-state index contributed by atoms with van der Waals surface area (Å²) in [5.74, 6) is 0.606. The Morgan fingerprint density at radius 3 is 2.50 bits per heavy atom. The van der Waals surface area contributed by atoms with E-state index in [1.807, 2.05) is 37.3 Å². The second-order valence-corrected chi connectivity index (χ2v) is 5.80. The minimum atomic E-state index is -0.302. The SMILES string of the molecule is CC(Nc1nc(Nc2ccc(F)cc2)c2n[nH]nc2n1)c1ccccc1. The van der Waals surface area contributed by atoms with E-state index in [9.17, 15) is 4.39 Å². The van der Waals surface area contributed by atoms with Gasteiger partial charge in [-0.2, -0.15) is 20.3 Å². The van der Waals surface area contributed by atoms with Crippen LogP contribution in [0.1, 0.15) is 18.5 Å². The molecule has 4 aromatic rings. The van der Waals surface area contributed by atoms with Crippen LogP contribution in [0.25, 0.3) is 11.2 Å². The highest BCUT2D eigenvalue weighted by molar-refractivity contribution is 5.85. The summed E-state index contributed by atoms with van der Waals surface area (Å²) >= 11 is 0. The van der Waals surface area contributed by atoms with Crippen molar-refractivity contribution in [3.05, 3.63) is 66.0 Å². The van der Waals surface area contributed by atoms with Gasteiger partial charge in [-0.3, -0.25) is 0 Å². The van der Waals surface area contributed by atoms with E-state index < -0.39 is 0 Å². The summed E-state index contributed by atoms with van der Waals surface area (Å²) in [6.45, 7) is 2.03. The number of hydrogen-bond donors (Lipinski definition) is 3. The molecule has 0 saturated heterocycles. The molecule has 0 radical (unpaired) electrons. The van der Waals surface area contributed by atoms with E-state index in [0.717, 1.165) is 5.56 Å². The standard InChI is InChI=1S/C18H16FN7/c1-11(12-5-3-2-4-6-12)20-18-22-16(15-17(23-18)25-26-24-15)21-14-9-7-13(19)8-10-14/h2-11H,1H3,(H3,20,21,22,23,24,25,26). The molecule has 2 aromatic carbocycles. The Bertz CT molecular complexity index is 1010. The Morgan fingerprint density at radius 2 is 1.73 bits per heavy atom. The zero-order valence-corrected chi connectivity index (χ0v) is 13.9. The number of H-pyrrole nitrogens is 1. The lowest BCUT2D eigenvalue weighted by atomic mass is 10.1. The molecule has 0 amide bonds. The minimum absolute atomic E-state index is 0.0132. The minimum Gasteiger partial charge on any atom is -0.348 e. The van der Waals surface area contributed by atoms with E-state index in [-0.39, 0.29) is 11.9 Å². The topological polar surface area (TPSA) is 91.4 Å². The number of aromatic amines is 1. The predicted molar refractivity (Wildman–Crippen MR) is 97.6 cm³/mol. The first-order valence-corrected chi connectivity index (χ1v) is 8.11. The first-order chi connectivity index (χ1) is 12.7. The summed E-state index contributed by atoms with van der Waals surface area (Å²) in [7, 11) is 0. The number of anilines is 3. The van der Waals surface area contributed by atoms with Crippen LogP contribution < -0.4 is 10.6 Å². The van der Waals surface area contributed by atoms with Crippen molar-refractivity contribution in [3.63, 3.8) is 0 Å². The molecule has 0 aliphatic heterocycles. The largest absolute Gasteiger partial charge is 0.348 e. The van der Waals surface area contributed by atoms with Crippen LogP contribution >= 0.6 is 0 Å². The van der Waals surface area contributed by atoms with Crippen molar-refractivity contribution in [1.82, 2.24) is 25.4 Å². The van der Waals surface area contributed by atoms with Crippen molar-refractivity contribution < 1.29 is 4.39 Å². The van der Waals surface area contributed by atoms with Crippen molar-refractivity contribution >= 4 is 28.6 Å². The van der Waals surface area contributed by atoms with Gasteiger partial charge in [0.25, 0.3) is 0 Å². The maximum Gasteiger partial charge on any atom is 0.227 e. The molecule has 130 valence electrons. The fourth-order valence-corrected chi connectivity index (χ4v) is 2.59. The zero-order chi connectivity index (χ0) is 17.9. The molecule has 0 aliphatic rings. The van der Waals surface area contributed by atoms with E-state index in [1.54, 1.807) is 12.1 Å². The summed E-state index contributed by atoms with van der Waals surface area (Å²) in [5, 5.41) is 17.1. The third-order valence-electron chi connectivity index (χ3n) is 3.94. The van der Waals surface area contributed by atoms with Gasteiger partial charge >= 0.3 is 0 Å². The Labute approximate surface area is 148 Å². The van der Waals surface area contributed by atoms with E-state index in [0.29, 0.717) is 28.6 Å². The van der Waals surface area contributed by atoms with Crippen LogP contribution in [-0.2, 0) is 0 Å². The van der Waals surface area contributed by atoms with Crippen molar-refractivity contribution in [1.29, 1.82) is 0 Å². The second kappa shape index (κ2) is 6.75. The number of rotatable bonds is 5. The van der Waals surface area contributed by atoms with Crippen molar-refractivity contribution in [2.24, 2.45) is 0 Å². The van der Waals surface area contributed by atoms with Gasteiger partial charge in [0.1, 0.15) is 5.82 Å². The molecule has 3 N–H and O–H groups in total. The first kappa shape index (κ1) is 15.9. The molecule has 4 rings (SSSR count). The van der Waals surface area contributed by atoms with Gasteiger partial charge in [0.2, 0.25) is 11.6 Å². The van der Waals surface area contributed by atoms with Crippen molar-refractivity contribution in [2.45, 2.75) is 13.0 Å². The first-order valence-electron chi connectivity index (χ1n) is 8.11. The average molecular weight is 349 g/mol. The number of aromatic nitrogens is 5. The molecule has 0 fully saturated rings.